The third kappa shape index (κ3) is 5.83. The molecule has 3 aromatic carbocycles. The highest BCUT2D eigenvalue weighted by Crippen LogP contribution is 2.37. The summed E-state index contributed by atoms with van der Waals surface area (Å²) in [6, 6.07) is 31.2. The Kier molecular flexibility index (Phi) is 7.48. The zero-order valence-corrected chi connectivity index (χ0v) is 24.9. The predicted molar refractivity (Wildman–Crippen MR) is 167 cm³/mol. The molecule has 0 atom stereocenters. The van der Waals surface area contributed by atoms with Gasteiger partial charge in [0.15, 0.2) is 9.84 Å². The second-order valence-electron chi connectivity index (χ2n) is 10.0. The van der Waals surface area contributed by atoms with E-state index in [0.29, 0.717) is 16.5 Å². The fraction of sp³-hybridized carbons (Fsp3) is 0.125. The molecular weight excluding hydrogens is 572 g/mol. The summed E-state index contributed by atoms with van der Waals surface area (Å²) in [6.07, 6.45) is 3.04. The van der Waals surface area contributed by atoms with Gasteiger partial charge in [-0.25, -0.2) is 13.1 Å². The lowest BCUT2D eigenvalue weighted by Crippen LogP contribution is -2.18. The number of hydrogen-bond acceptors (Lipinski definition) is 6. The van der Waals surface area contributed by atoms with E-state index in [1.165, 1.54) is 11.8 Å². The average Bonchev–Trinajstić information content (AvgIpc) is 3.61. The van der Waals surface area contributed by atoms with E-state index in [0.717, 1.165) is 49.8 Å². The molecule has 0 fully saturated rings. The van der Waals surface area contributed by atoms with Gasteiger partial charge in [-0.3, -0.25) is 9.88 Å². The van der Waals surface area contributed by atoms with Gasteiger partial charge < -0.3 is 0 Å². The number of rotatable bonds is 8. The number of para-hydroxylation sites is 1. The summed E-state index contributed by atoms with van der Waals surface area (Å²) in [4.78, 5) is 9.01. The molecule has 0 saturated heterocycles. The quantitative estimate of drug-likeness (QED) is 0.181. The summed E-state index contributed by atoms with van der Waals surface area (Å²) < 4.78 is 26.1. The van der Waals surface area contributed by atoms with Gasteiger partial charge in [0.1, 0.15) is 0 Å². The highest BCUT2D eigenvalue weighted by atomic mass is 35.5. The third-order valence-corrected chi connectivity index (χ3v) is 9.44. The molecular formula is C32H27ClN4O2S2. The number of thiophene rings is 1. The molecule has 0 unspecified atom stereocenters. The van der Waals surface area contributed by atoms with Crippen LogP contribution in [0.4, 0.5) is 0 Å². The molecule has 0 radical (unpaired) electrons. The smallest absolute Gasteiger partial charge is 0.175 e. The monoisotopic (exact) mass is 598 g/mol. The lowest BCUT2D eigenvalue weighted by atomic mass is 10.1. The van der Waals surface area contributed by atoms with Crippen molar-refractivity contribution in [2.75, 3.05) is 13.3 Å². The van der Waals surface area contributed by atoms with Gasteiger partial charge in [0.05, 0.1) is 37.4 Å². The Bertz CT molecular complexity index is 1980. The number of sulfone groups is 1. The number of halogens is 1. The minimum absolute atomic E-state index is 0.304. The molecule has 0 aliphatic heterocycles. The molecule has 3 aromatic heterocycles. The van der Waals surface area contributed by atoms with Crippen molar-refractivity contribution < 1.29 is 8.42 Å². The van der Waals surface area contributed by atoms with E-state index < -0.39 is 9.84 Å². The number of pyridine rings is 1. The summed E-state index contributed by atoms with van der Waals surface area (Å²) in [5.74, 6) is 0. The normalized spacial score (nSPS) is 11.9. The topological polar surface area (TPSA) is 68.1 Å². The predicted octanol–water partition coefficient (Wildman–Crippen LogP) is 7.50. The largest absolute Gasteiger partial charge is 0.296 e. The van der Waals surface area contributed by atoms with Gasteiger partial charge in [0.25, 0.3) is 0 Å². The molecule has 206 valence electrons. The minimum Gasteiger partial charge on any atom is -0.296 e. The zero-order chi connectivity index (χ0) is 28.6. The number of aromatic nitrogens is 3. The van der Waals surface area contributed by atoms with Gasteiger partial charge in [-0.1, -0.05) is 54.1 Å². The molecule has 0 aliphatic rings. The second-order valence-corrected chi connectivity index (χ2v) is 13.5. The Morgan fingerprint density at radius 2 is 1.68 bits per heavy atom. The molecule has 0 N–H and O–H groups in total. The molecule has 9 heteroatoms. The zero-order valence-electron chi connectivity index (χ0n) is 22.5. The van der Waals surface area contributed by atoms with E-state index in [1.54, 1.807) is 29.5 Å². The second kappa shape index (κ2) is 11.2. The maximum absolute atomic E-state index is 12.1. The molecule has 0 saturated carbocycles. The SMILES string of the molecule is CN(Cc1cc(-c2ccc(-c3cccc(S(C)(=O)=O)c3)s2)n(-c2ccccc2Cl)n1)Cc1cccc2ncccc12. The summed E-state index contributed by atoms with van der Waals surface area (Å²) in [6.45, 7) is 1.38. The fourth-order valence-corrected chi connectivity index (χ4v) is 6.82. The average molecular weight is 599 g/mol. The van der Waals surface area contributed by atoms with Crippen molar-refractivity contribution in [3.05, 3.63) is 120 Å². The Morgan fingerprint density at radius 1 is 0.878 bits per heavy atom. The van der Waals surface area contributed by atoms with Crippen LogP contribution in [-0.4, -0.2) is 41.4 Å². The van der Waals surface area contributed by atoms with Crippen molar-refractivity contribution in [1.82, 2.24) is 19.7 Å². The minimum atomic E-state index is -3.30. The Hall–Kier alpha value is -3.82. The highest BCUT2D eigenvalue weighted by molar-refractivity contribution is 7.90. The number of benzene rings is 3. The van der Waals surface area contributed by atoms with Gasteiger partial charge in [-0.15, -0.1) is 11.3 Å². The summed E-state index contributed by atoms with van der Waals surface area (Å²) in [5, 5.41) is 6.75. The van der Waals surface area contributed by atoms with E-state index in [-0.39, 0.29) is 0 Å². The van der Waals surface area contributed by atoms with Crippen molar-refractivity contribution in [3.63, 3.8) is 0 Å². The van der Waals surface area contributed by atoms with E-state index in [1.807, 2.05) is 71.5 Å². The molecule has 3 heterocycles. The van der Waals surface area contributed by atoms with Gasteiger partial charge in [-0.2, -0.15) is 5.10 Å². The lowest BCUT2D eigenvalue weighted by Gasteiger charge is -2.16. The van der Waals surface area contributed by atoms with Crippen molar-refractivity contribution >= 4 is 43.7 Å². The van der Waals surface area contributed by atoms with Gasteiger partial charge in [-0.05, 0) is 72.8 Å². The Morgan fingerprint density at radius 3 is 2.51 bits per heavy atom. The number of fused-ring (bicyclic) bond motifs is 1. The molecule has 0 aliphatic carbocycles. The van der Waals surface area contributed by atoms with Crippen molar-refractivity contribution in [2.24, 2.45) is 0 Å². The molecule has 6 nitrogen and oxygen atoms in total. The van der Waals surface area contributed by atoms with Crippen LogP contribution in [0.5, 0.6) is 0 Å². The van der Waals surface area contributed by atoms with Crippen LogP contribution in [0.15, 0.2) is 108 Å². The van der Waals surface area contributed by atoms with E-state index in [4.69, 9.17) is 16.7 Å². The van der Waals surface area contributed by atoms with Crippen LogP contribution in [0.3, 0.4) is 0 Å². The molecule has 0 bridgehead atoms. The maximum Gasteiger partial charge on any atom is 0.175 e. The van der Waals surface area contributed by atoms with Crippen LogP contribution >= 0.6 is 22.9 Å². The number of hydrogen-bond donors (Lipinski definition) is 0. The first kappa shape index (κ1) is 27.4. The van der Waals surface area contributed by atoms with Crippen molar-refractivity contribution in [1.29, 1.82) is 0 Å². The van der Waals surface area contributed by atoms with Crippen LogP contribution in [0, 0.1) is 0 Å². The van der Waals surface area contributed by atoms with E-state index in [9.17, 15) is 8.42 Å². The first-order chi connectivity index (χ1) is 19.8. The van der Waals surface area contributed by atoms with Crippen LogP contribution in [0.25, 0.3) is 37.6 Å². The fourth-order valence-electron chi connectivity index (χ4n) is 4.93. The van der Waals surface area contributed by atoms with E-state index >= 15 is 0 Å². The Labute approximate surface area is 248 Å². The molecule has 0 spiro atoms. The van der Waals surface area contributed by atoms with Crippen molar-refractivity contribution in [2.45, 2.75) is 18.0 Å². The third-order valence-electron chi connectivity index (χ3n) is 6.85. The first-order valence-electron chi connectivity index (χ1n) is 13.0. The Balaban J connectivity index is 1.34. The van der Waals surface area contributed by atoms with Gasteiger partial charge in [0.2, 0.25) is 0 Å². The van der Waals surface area contributed by atoms with Crippen LogP contribution in [0.1, 0.15) is 11.3 Å². The lowest BCUT2D eigenvalue weighted by molar-refractivity contribution is 0.315. The summed E-state index contributed by atoms with van der Waals surface area (Å²) in [7, 11) is -1.22. The summed E-state index contributed by atoms with van der Waals surface area (Å²) >= 11 is 8.22. The van der Waals surface area contributed by atoms with Crippen LogP contribution in [0.2, 0.25) is 5.02 Å². The molecule has 6 rings (SSSR count). The number of nitrogens with zero attached hydrogens (tertiary/aromatic N) is 4. The first-order valence-corrected chi connectivity index (χ1v) is 16.1. The van der Waals surface area contributed by atoms with E-state index in [2.05, 4.69) is 35.1 Å². The van der Waals surface area contributed by atoms with Gasteiger partial charge in [0, 0.05) is 35.8 Å². The van der Waals surface area contributed by atoms with Crippen LogP contribution in [-0.2, 0) is 22.9 Å². The standard InChI is InChI=1S/C32H27ClN4O2S2/c1-36(20-23-9-6-13-28-26(23)11-7-17-34-28)21-24-19-30(37(35-24)29-14-4-3-12-27(29)33)32-16-15-31(40-32)22-8-5-10-25(18-22)41(2,38)39/h3-19H,20-21H2,1-2H3. The van der Waals surface area contributed by atoms with Crippen LogP contribution < -0.4 is 0 Å². The highest BCUT2D eigenvalue weighted by Gasteiger charge is 2.18. The summed E-state index contributed by atoms with van der Waals surface area (Å²) in [5.41, 5.74) is 5.69. The molecule has 6 aromatic rings. The molecule has 41 heavy (non-hydrogen) atoms. The van der Waals surface area contributed by atoms with Crippen molar-refractivity contribution in [3.8, 4) is 26.7 Å². The molecule has 0 amide bonds. The maximum atomic E-state index is 12.1. The van der Waals surface area contributed by atoms with Gasteiger partial charge >= 0.3 is 0 Å².